The number of fused-ring (bicyclic) bond motifs is 1. The molecule has 0 saturated heterocycles. The van der Waals surface area contributed by atoms with Crippen LogP contribution in [0, 0.1) is 0 Å². The van der Waals surface area contributed by atoms with Gasteiger partial charge in [-0.2, -0.15) is 0 Å². The molecule has 1 aliphatic heterocycles. The second-order valence-corrected chi connectivity index (χ2v) is 6.08. The van der Waals surface area contributed by atoms with E-state index in [2.05, 4.69) is 4.98 Å². The first kappa shape index (κ1) is 14.8. The second kappa shape index (κ2) is 6.75. The first-order chi connectivity index (χ1) is 10.7. The van der Waals surface area contributed by atoms with Gasteiger partial charge >= 0.3 is 0 Å². The molecule has 1 aliphatic rings. The number of hydrogen-bond acceptors (Lipinski definition) is 5. The van der Waals surface area contributed by atoms with Crippen LogP contribution in [0.3, 0.4) is 0 Å². The SMILES string of the molecule is O=C(CCC(=O)c1ccc2c(c1)SCCO2)c1ccncc1. The summed E-state index contributed by atoms with van der Waals surface area (Å²) in [5.74, 6) is 1.68. The fourth-order valence-corrected chi connectivity index (χ4v) is 3.14. The molecule has 1 aromatic carbocycles. The predicted octanol–water partition coefficient (Wildman–Crippen LogP) is 3.41. The number of benzene rings is 1. The summed E-state index contributed by atoms with van der Waals surface area (Å²) >= 11 is 1.69. The van der Waals surface area contributed by atoms with Crippen molar-refractivity contribution in [3.8, 4) is 5.75 Å². The van der Waals surface area contributed by atoms with Crippen molar-refractivity contribution in [1.29, 1.82) is 0 Å². The summed E-state index contributed by atoms with van der Waals surface area (Å²) in [5.41, 5.74) is 1.23. The summed E-state index contributed by atoms with van der Waals surface area (Å²) in [6.07, 6.45) is 3.58. The molecular weight excluding hydrogens is 298 g/mol. The summed E-state index contributed by atoms with van der Waals surface area (Å²) in [7, 11) is 0. The summed E-state index contributed by atoms with van der Waals surface area (Å²) in [6, 6.07) is 8.79. The third-order valence-corrected chi connectivity index (χ3v) is 4.45. The largest absolute Gasteiger partial charge is 0.492 e. The lowest BCUT2D eigenvalue weighted by molar-refractivity contribution is 0.0917. The minimum Gasteiger partial charge on any atom is -0.492 e. The molecule has 0 atom stereocenters. The molecule has 0 unspecified atom stereocenters. The van der Waals surface area contributed by atoms with Crippen LogP contribution < -0.4 is 4.74 Å². The highest BCUT2D eigenvalue weighted by molar-refractivity contribution is 7.99. The number of rotatable bonds is 5. The van der Waals surface area contributed by atoms with Crippen molar-refractivity contribution in [1.82, 2.24) is 4.98 Å². The lowest BCUT2D eigenvalue weighted by Gasteiger charge is -2.17. The molecule has 0 amide bonds. The molecule has 0 bridgehead atoms. The van der Waals surface area contributed by atoms with Crippen LogP contribution in [0.5, 0.6) is 5.75 Å². The molecule has 0 spiro atoms. The average molecular weight is 313 g/mol. The van der Waals surface area contributed by atoms with Gasteiger partial charge in [0.25, 0.3) is 0 Å². The van der Waals surface area contributed by atoms with Gasteiger partial charge in [-0.1, -0.05) is 0 Å². The van der Waals surface area contributed by atoms with Gasteiger partial charge in [-0.15, -0.1) is 11.8 Å². The molecule has 0 aliphatic carbocycles. The van der Waals surface area contributed by atoms with Crippen LogP contribution >= 0.6 is 11.8 Å². The fraction of sp³-hybridized carbons (Fsp3) is 0.235. The van der Waals surface area contributed by atoms with E-state index in [0.717, 1.165) is 16.4 Å². The summed E-state index contributed by atoms with van der Waals surface area (Å²) in [6.45, 7) is 0.700. The minimum absolute atomic E-state index is 0.0172. The number of carbonyl (C=O) groups is 2. The maximum Gasteiger partial charge on any atom is 0.163 e. The Morgan fingerprint density at radius 2 is 1.77 bits per heavy atom. The molecule has 22 heavy (non-hydrogen) atoms. The van der Waals surface area contributed by atoms with Gasteiger partial charge in [0.1, 0.15) is 5.75 Å². The normalized spacial score (nSPS) is 13.1. The topological polar surface area (TPSA) is 56.3 Å². The van der Waals surface area contributed by atoms with Crippen LogP contribution in [0.15, 0.2) is 47.6 Å². The number of aromatic nitrogens is 1. The maximum absolute atomic E-state index is 12.3. The van der Waals surface area contributed by atoms with Crippen LogP contribution in [0.1, 0.15) is 33.6 Å². The van der Waals surface area contributed by atoms with Gasteiger partial charge in [0.2, 0.25) is 0 Å². The predicted molar refractivity (Wildman–Crippen MR) is 84.8 cm³/mol. The van der Waals surface area contributed by atoms with E-state index >= 15 is 0 Å². The van der Waals surface area contributed by atoms with E-state index in [0.29, 0.717) is 17.7 Å². The molecule has 0 N–H and O–H groups in total. The second-order valence-electron chi connectivity index (χ2n) is 4.94. The van der Waals surface area contributed by atoms with Gasteiger partial charge < -0.3 is 4.74 Å². The molecule has 1 aromatic heterocycles. The zero-order chi connectivity index (χ0) is 15.4. The van der Waals surface area contributed by atoms with E-state index in [1.807, 2.05) is 12.1 Å². The molecule has 5 heteroatoms. The Labute approximate surface area is 132 Å². The first-order valence-corrected chi connectivity index (χ1v) is 8.09. The molecule has 112 valence electrons. The molecule has 0 radical (unpaired) electrons. The number of carbonyl (C=O) groups excluding carboxylic acids is 2. The third kappa shape index (κ3) is 3.36. The molecular formula is C17H15NO3S. The molecule has 2 aromatic rings. The Kier molecular flexibility index (Phi) is 4.53. The molecule has 0 saturated carbocycles. The monoisotopic (exact) mass is 313 g/mol. The Morgan fingerprint density at radius 3 is 2.55 bits per heavy atom. The Hall–Kier alpha value is -2.14. The number of thioether (sulfide) groups is 1. The van der Waals surface area contributed by atoms with Crippen LogP contribution in [0.25, 0.3) is 0 Å². The number of ether oxygens (including phenoxy) is 1. The van der Waals surface area contributed by atoms with Crippen molar-refractivity contribution in [2.24, 2.45) is 0 Å². The summed E-state index contributed by atoms with van der Waals surface area (Å²) < 4.78 is 5.52. The van der Waals surface area contributed by atoms with Crippen LogP contribution in [0.2, 0.25) is 0 Å². The van der Waals surface area contributed by atoms with Gasteiger partial charge in [0, 0.05) is 42.1 Å². The zero-order valence-electron chi connectivity index (χ0n) is 12.0. The Balaban J connectivity index is 1.64. The molecule has 0 fully saturated rings. The highest BCUT2D eigenvalue weighted by Crippen LogP contribution is 2.34. The van der Waals surface area contributed by atoms with Gasteiger partial charge in [0.05, 0.1) is 11.5 Å². The lowest BCUT2D eigenvalue weighted by Crippen LogP contribution is -2.09. The quantitative estimate of drug-likeness (QED) is 0.792. The van der Waals surface area contributed by atoms with E-state index in [1.165, 1.54) is 0 Å². The Morgan fingerprint density at radius 1 is 1.05 bits per heavy atom. The number of pyridine rings is 1. The van der Waals surface area contributed by atoms with Gasteiger partial charge in [-0.05, 0) is 30.3 Å². The van der Waals surface area contributed by atoms with E-state index in [9.17, 15) is 9.59 Å². The Bertz CT molecular complexity index is 700. The highest BCUT2D eigenvalue weighted by atomic mass is 32.2. The zero-order valence-corrected chi connectivity index (χ0v) is 12.8. The van der Waals surface area contributed by atoms with Crippen molar-refractivity contribution in [3.05, 3.63) is 53.9 Å². The van der Waals surface area contributed by atoms with E-state index in [-0.39, 0.29) is 24.4 Å². The molecule has 4 nitrogen and oxygen atoms in total. The summed E-state index contributed by atoms with van der Waals surface area (Å²) in [5, 5.41) is 0. The van der Waals surface area contributed by atoms with Crippen molar-refractivity contribution < 1.29 is 14.3 Å². The van der Waals surface area contributed by atoms with Gasteiger partial charge in [-0.25, -0.2) is 0 Å². The van der Waals surface area contributed by atoms with Crippen molar-refractivity contribution in [2.45, 2.75) is 17.7 Å². The van der Waals surface area contributed by atoms with Crippen LogP contribution in [-0.4, -0.2) is 28.9 Å². The van der Waals surface area contributed by atoms with Crippen LogP contribution in [0.4, 0.5) is 0 Å². The first-order valence-electron chi connectivity index (χ1n) is 7.10. The highest BCUT2D eigenvalue weighted by Gasteiger charge is 2.15. The maximum atomic E-state index is 12.3. The van der Waals surface area contributed by atoms with E-state index in [1.54, 1.807) is 42.4 Å². The summed E-state index contributed by atoms with van der Waals surface area (Å²) in [4.78, 5) is 29.1. The van der Waals surface area contributed by atoms with E-state index in [4.69, 9.17) is 4.74 Å². The molecule has 2 heterocycles. The van der Waals surface area contributed by atoms with Crippen molar-refractivity contribution in [2.75, 3.05) is 12.4 Å². The van der Waals surface area contributed by atoms with Crippen LogP contribution in [-0.2, 0) is 0 Å². The van der Waals surface area contributed by atoms with Crippen molar-refractivity contribution in [3.63, 3.8) is 0 Å². The molecule has 3 rings (SSSR count). The van der Waals surface area contributed by atoms with Gasteiger partial charge in [0.15, 0.2) is 11.6 Å². The number of Topliss-reactive ketones (excluding diaryl/α,β-unsaturated/α-hetero) is 2. The smallest absolute Gasteiger partial charge is 0.163 e. The lowest BCUT2D eigenvalue weighted by atomic mass is 10.0. The number of hydrogen-bond donors (Lipinski definition) is 0. The van der Waals surface area contributed by atoms with Gasteiger partial charge in [-0.3, -0.25) is 14.6 Å². The van der Waals surface area contributed by atoms with E-state index < -0.39 is 0 Å². The minimum atomic E-state index is -0.0357. The average Bonchev–Trinajstić information content (AvgIpc) is 2.59. The standard InChI is InChI=1S/C17H15NO3S/c19-14(12-5-7-18-8-6-12)2-3-15(20)13-1-4-16-17(11-13)22-10-9-21-16/h1,4-8,11H,2-3,9-10H2. The number of ketones is 2. The number of nitrogens with zero attached hydrogens (tertiary/aromatic N) is 1. The van der Waals surface area contributed by atoms with Crippen molar-refractivity contribution >= 4 is 23.3 Å². The third-order valence-electron chi connectivity index (χ3n) is 3.45. The fourth-order valence-electron chi connectivity index (χ4n) is 2.27.